The summed E-state index contributed by atoms with van der Waals surface area (Å²) >= 11 is 0. The van der Waals surface area contributed by atoms with Gasteiger partial charge in [0.1, 0.15) is 24.0 Å². The average molecular weight is 524 g/mol. The fourth-order valence-electron chi connectivity index (χ4n) is 4.87. The molecule has 0 radical (unpaired) electrons. The van der Waals surface area contributed by atoms with Crippen molar-refractivity contribution in [3.05, 3.63) is 97.0 Å². The number of rotatable bonds is 7. The van der Waals surface area contributed by atoms with E-state index in [0.717, 1.165) is 84.3 Å². The summed E-state index contributed by atoms with van der Waals surface area (Å²) < 4.78 is 34.7. The Hall–Kier alpha value is -4.27. The highest BCUT2D eigenvalue weighted by molar-refractivity contribution is 5.95. The summed E-state index contributed by atoms with van der Waals surface area (Å²) in [4.78, 5) is 15.8. The highest BCUT2D eigenvalue weighted by atomic mass is 19.1. The first-order valence-electron chi connectivity index (χ1n) is 13.0. The number of nitrogens with zero attached hydrogens (tertiary/aromatic N) is 4. The minimum absolute atomic E-state index is 0.0820. The van der Waals surface area contributed by atoms with Crippen molar-refractivity contribution in [2.75, 3.05) is 39.3 Å². The lowest BCUT2D eigenvalue weighted by Gasteiger charge is -2.26. The van der Waals surface area contributed by atoms with Gasteiger partial charge < -0.3 is 10.1 Å². The van der Waals surface area contributed by atoms with E-state index < -0.39 is 11.6 Å². The highest BCUT2D eigenvalue weighted by Gasteiger charge is 2.15. The van der Waals surface area contributed by atoms with E-state index in [4.69, 9.17) is 4.74 Å². The Kier molecular flexibility index (Phi) is 7.21. The van der Waals surface area contributed by atoms with Crippen LogP contribution in [0.1, 0.15) is 0 Å². The molecule has 4 heterocycles. The molecule has 0 unspecified atom stereocenters. The van der Waals surface area contributed by atoms with Crippen molar-refractivity contribution in [3.8, 4) is 39.3 Å². The number of hydrogen-bond acceptors (Lipinski definition) is 6. The second kappa shape index (κ2) is 11.2. The number of fused-ring (bicyclic) bond motifs is 1. The van der Waals surface area contributed by atoms with Gasteiger partial charge in [-0.25, -0.2) is 18.7 Å². The van der Waals surface area contributed by atoms with Crippen LogP contribution in [0.4, 0.5) is 8.78 Å². The molecule has 0 atom stereocenters. The maximum atomic E-state index is 14.7. The molecule has 3 aromatic heterocycles. The summed E-state index contributed by atoms with van der Waals surface area (Å²) in [6.07, 6.45) is 5.19. The maximum absolute atomic E-state index is 14.7. The Balaban J connectivity index is 1.32. The molecule has 2 aromatic carbocycles. The second-order valence-electron chi connectivity index (χ2n) is 9.48. The Bertz CT molecular complexity index is 1620. The fourth-order valence-corrected chi connectivity index (χ4v) is 4.87. The fraction of sp³-hybridized carbons (Fsp3) is 0.194. The summed E-state index contributed by atoms with van der Waals surface area (Å²) in [7, 11) is 0. The first-order chi connectivity index (χ1) is 19.1. The SMILES string of the molecule is Fc1ccc(F)c(-c2cc(-c3cncc(-c4cccc(OCCN5CCNCC5)c4)c3)c3cccnc3n2)c1. The molecule has 1 aliphatic rings. The molecule has 196 valence electrons. The van der Waals surface area contributed by atoms with Gasteiger partial charge in [-0.05, 0) is 65.7 Å². The maximum Gasteiger partial charge on any atom is 0.160 e. The molecule has 1 N–H and O–H groups in total. The minimum Gasteiger partial charge on any atom is -0.492 e. The lowest BCUT2D eigenvalue weighted by atomic mass is 9.98. The molecule has 1 fully saturated rings. The van der Waals surface area contributed by atoms with Gasteiger partial charge in [0, 0.05) is 73.4 Å². The van der Waals surface area contributed by atoms with Gasteiger partial charge in [0.15, 0.2) is 5.65 Å². The van der Waals surface area contributed by atoms with E-state index in [0.29, 0.717) is 17.9 Å². The largest absolute Gasteiger partial charge is 0.492 e. The third-order valence-corrected chi connectivity index (χ3v) is 6.89. The Morgan fingerprint density at radius 1 is 0.846 bits per heavy atom. The standard InChI is InChI=1S/C31H27F2N5O/c32-24-6-7-29(33)28(17-24)30-18-27(26-5-2-8-36-31(26)37-30)23-15-22(19-35-20-23)21-3-1-4-25(16-21)39-14-13-38-11-9-34-10-12-38/h1-8,15-20,34H,9-14H2. The van der Waals surface area contributed by atoms with Crippen LogP contribution in [0.3, 0.4) is 0 Å². The van der Waals surface area contributed by atoms with Crippen LogP contribution < -0.4 is 10.1 Å². The molecule has 1 aliphatic heterocycles. The summed E-state index contributed by atoms with van der Waals surface area (Å²) in [5.41, 5.74) is 4.31. The van der Waals surface area contributed by atoms with Crippen LogP contribution in [0.15, 0.2) is 85.3 Å². The van der Waals surface area contributed by atoms with Crippen molar-refractivity contribution in [1.82, 2.24) is 25.2 Å². The second-order valence-corrected chi connectivity index (χ2v) is 9.48. The molecule has 0 saturated carbocycles. The molecule has 39 heavy (non-hydrogen) atoms. The van der Waals surface area contributed by atoms with E-state index in [1.807, 2.05) is 42.5 Å². The van der Waals surface area contributed by atoms with Gasteiger partial charge in [-0.3, -0.25) is 9.88 Å². The molecule has 0 aliphatic carbocycles. The lowest BCUT2D eigenvalue weighted by Crippen LogP contribution is -2.44. The third kappa shape index (κ3) is 5.62. The normalized spacial score (nSPS) is 14.0. The summed E-state index contributed by atoms with van der Waals surface area (Å²) in [5, 5.41) is 4.16. The molecule has 0 spiro atoms. The van der Waals surface area contributed by atoms with Crippen molar-refractivity contribution in [2.24, 2.45) is 0 Å². The van der Waals surface area contributed by atoms with Crippen LogP contribution in [-0.2, 0) is 0 Å². The lowest BCUT2D eigenvalue weighted by molar-refractivity contribution is 0.191. The summed E-state index contributed by atoms with van der Waals surface area (Å²) in [6.45, 7) is 5.61. The first-order valence-corrected chi connectivity index (χ1v) is 13.0. The molecular formula is C31H27F2N5O. The van der Waals surface area contributed by atoms with Crippen LogP contribution in [0, 0.1) is 11.6 Å². The molecule has 6 rings (SSSR count). The van der Waals surface area contributed by atoms with Crippen LogP contribution in [0.5, 0.6) is 5.75 Å². The number of ether oxygens (including phenoxy) is 1. The number of aromatic nitrogens is 3. The number of pyridine rings is 3. The number of piperazine rings is 1. The molecule has 0 amide bonds. The van der Waals surface area contributed by atoms with E-state index in [1.165, 1.54) is 0 Å². The van der Waals surface area contributed by atoms with Gasteiger partial charge in [-0.1, -0.05) is 12.1 Å². The number of hydrogen-bond donors (Lipinski definition) is 1. The van der Waals surface area contributed by atoms with Gasteiger partial charge in [0.2, 0.25) is 0 Å². The zero-order valence-electron chi connectivity index (χ0n) is 21.3. The number of nitrogens with one attached hydrogen (secondary N) is 1. The van der Waals surface area contributed by atoms with E-state index in [-0.39, 0.29) is 5.56 Å². The topological polar surface area (TPSA) is 63.2 Å². The monoisotopic (exact) mass is 523 g/mol. The average Bonchev–Trinajstić information content (AvgIpc) is 2.98. The van der Waals surface area contributed by atoms with Crippen molar-refractivity contribution in [2.45, 2.75) is 0 Å². The quantitative estimate of drug-likeness (QED) is 0.300. The van der Waals surface area contributed by atoms with E-state index in [9.17, 15) is 8.78 Å². The van der Waals surface area contributed by atoms with E-state index >= 15 is 0 Å². The minimum atomic E-state index is -0.550. The van der Waals surface area contributed by atoms with Crippen molar-refractivity contribution in [1.29, 1.82) is 0 Å². The van der Waals surface area contributed by atoms with E-state index in [1.54, 1.807) is 24.7 Å². The van der Waals surface area contributed by atoms with Crippen molar-refractivity contribution in [3.63, 3.8) is 0 Å². The Morgan fingerprint density at radius 2 is 1.72 bits per heavy atom. The Morgan fingerprint density at radius 3 is 2.62 bits per heavy atom. The molecule has 5 aromatic rings. The van der Waals surface area contributed by atoms with Crippen molar-refractivity contribution < 1.29 is 13.5 Å². The van der Waals surface area contributed by atoms with Crippen LogP contribution >= 0.6 is 0 Å². The number of halogens is 2. The Labute approximate surface area is 225 Å². The first kappa shape index (κ1) is 25.0. The van der Waals surface area contributed by atoms with Crippen LogP contribution in [0.2, 0.25) is 0 Å². The molecule has 8 heteroatoms. The van der Waals surface area contributed by atoms with Gasteiger partial charge >= 0.3 is 0 Å². The smallest absolute Gasteiger partial charge is 0.160 e. The molecule has 1 saturated heterocycles. The van der Waals surface area contributed by atoms with Gasteiger partial charge in [0.05, 0.1) is 5.69 Å². The zero-order valence-corrected chi connectivity index (χ0v) is 21.3. The highest BCUT2D eigenvalue weighted by Crippen LogP contribution is 2.34. The predicted octanol–water partition coefficient (Wildman–Crippen LogP) is 5.59. The van der Waals surface area contributed by atoms with Crippen LogP contribution in [-0.4, -0.2) is 59.2 Å². The third-order valence-electron chi connectivity index (χ3n) is 6.89. The predicted molar refractivity (Wildman–Crippen MR) is 148 cm³/mol. The summed E-state index contributed by atoms with van der Waals surface area (Å²) in [6, 6.07) is 18.8. The van der Waals surface area contributed by atoms with Gasteiger partial charge in [-0.15, -0.1) is 0 Å². The van der Waals surface area contributed by atoms with Gasteiger partial charge in [-0.2, -0.15) is 0 Å². The molecule has 0 bridgehead atoms. The van der Waals surface area contributed by atoms with Crippen LogP contribution in [0.25, 0.3) is 44.5 Å². The number of benzene rings is 2. The van der Waals surface area contributed by atoms with Gasteiger partial charge in [0.25, 0.3) is 0 Å². The van der Waals surface area contributed by atoms with E-state index in [2.05, 4.69) is 25.2 Å². The summed E-state index contributed by atoms with van der Waals surface area (Å²) in [5.74, 6) is -0.282. The molecular weight excluding hydrogens is 496 g/mol. The van der Waals surface area contributed by atoms with Crippen molar-refractivity contribution >= 4 is 11.0 Å². The zero-order chi connectivity index (χ0) is 26.6. The molecule has 6 nitrogen and oxygen atoms in total.